The van der Waals surface area contributed by atoms with Gasteiger partial charge in [0.15, 0.2) is 0 Å². The van der Waals surface area contributed by atoms with E-state index in [1.54, 1.807) is 6.07 Å². The molecule has 1 aliphatic rings. The summed E-state index contributed by atoms with van der Waals surface area (Å²) in [6.45, 7) is 7.51. The molecule has 1 saturated heterocycles. The highest BCUT2D eigenvalue weighted by Gasteiger charge is 2.35. The van der Waals surface area contributed by atoms with Gasteiger partial charge in [0.25, 0.3) is 0 Å². The lowest BCUT2D eigenvalue weighted by molar-refractivity contribution is -0.0243. The topological polar surface area (TPSA) is 23.5 Å². The largest absolute Gasteiger partial charge is 0.387 e. The molecule has 2 rings (SSSR count). The number of nitrogens with zero attached hydrogens (tertiary/aromatic N) is 1. The summed E-state index contributed by atoms with van der Waals surface area (Å²) in [5.41, 5.74) is 0.709. The van der Waals surface area contributed by atoms with E-state index in [-0.39, 0.29) is 17.4 Å². The first-order valence-corrected chi connectivity index (χ1v) is 7.10. The van der Waals surface area contributed by atoms with Gasteiger partial charge in [-0.05, 0) is 57.9 Å². The molecule has 0 saturated carbocycles. The minimum absolute atomic E-state index is 0.0272. The summed E-state index contributed by atoms with van der Waals surface area (Å²) in [7, 11) is 0. The number of piperidine rings is 1. The van der Waals surface area contributed by atoms with Crippen molar-refractivity contribution in [3.63, 3.8) is 0 Å². The molecule has 2 atom stereocenters. The molecule has 1 aromatic rings. The molecule has 3 heteroatoms. The standard InChI is InChI=1S/C16H24FNO/c1-16(2,3)18-10-5-4-9-14(18)15(19)12-7-6-8-13(17)11-12/h6-8,11,14-15,19H,4-5,9-10H2,1-3H3. The molecule has 0 aromatic heterocycles. The molecule has 106 valence electrons. The number of aliphatic hydroxyl groups excluding tert-OH is 1. The van der Waals surface area contributed by atoms with E-state index < -0.39 is 6.10 Å². The first kappa shape index (κ1) is 14.5. The fourth-order valence-corrected chi connectivity index (χ4v) is 3.03. The van der Waals surface area contributed by atoms with Crippen molar-refractivity contribution in [2.75, 3.05) is 6.54 Å². The first-order valence-electron chi connectivity index (χ1n) is 7.10. The Morgan fingerprint density at radius 1 is 1.32 bits per heavy atom. The SMILES string of the molecule is CC(C)(C)N1CCCCC1C(O)c1cccc(F)c1. The van der Waals surface area contributed by atoms with Crippen LogP contribution in [0.1, 0.15) is 51.7 Å². The Balaban J connectivity index is 2.22. The van der Waals surface area contributed by atoms with Crippen molar-refractivity contribution in [2.24, 2.45) is 0 Å². The Labute approximate surface area is 115 Å². The lowest BCUT2D eigenvalue weighted by Gasteiger charge is -2.46. The summed E-state index contributed by atoms with van der Waals surface area (Å²) >= 11 is 0. The summed E-state index contributed by atoms with van der Waals surface area (Å²) in [6, 6.07) is 6.41. The Hall–Kier alpha value is -0.930. The Bertz CT molecular complexity index is 427. The fraction of sp³-hybridized carbons (Fsp3) is 0.625. The maximum atomic E-state index is 13.3. The van der Waals surface area contributed by atoms with Crippen LogP contribution in [0.4, 0.5) is 4.39 Å². The van der Waals surface area contributed by atoms with Gasteiger partial charge >= 0.3 is 0 Å². The second-order valence-corrected chi connectivity index (χ2v) is 6.43. The van der Waals surface area contributed by atoms with Gasteiger partial charge in [-0.25, -0.2) is 4.39 Å². The molecular weight excluding hydrogens is 241 g/mol. The summed E-state index contributed by atoms with van der Waals surface area (Å²) in [5, 5.41) is 10.6. The molecule has 0 amide bonds. The predicted octanol–water partition coefficient (Wildman–Crippen LogP) is 3.51. The minimum Gasteiger partial charge on any atom is -0.387 e. The molecule has 1 aliphatic heterocycles. The second-order valence-electron chi connectivity index (χ2n) is 6.43. The maximum Gasteiger partial charge on any atom is 0.123 e. The highest BCUT2D eigenvalue weighted by Crippen LogP contribution is 2.33. The minimum atomic E-state index is -0.616. The highest BCUT2D eigenvalue weighted by molar-refractivity contribution is 5.20. The molecular formula is C16H24FNO. The van der Waals surface area contributed by atoms with Gasteiger partial charge < -0.3 is 5.11 Å². The van der Waals surface area contributed by atoms with Crippen LogP contribution < -0.4 is 0 Å². The van der Waals surface area contributed by atoms with Crippen molar-refractivity contribution < 1.29 is 9.50 Å². The van der Waals surface area contributed by atoms with E-state index >= 15 is 0 Å². The van der Waals surface area contributed by atoms with Crippen molar-refractivity contribution >= 4 is 0 Å². The highest BCUT2D eigenvalue weighted by atomic mass is 19.1. The Kier molecular flexibility index (Phi) is 4.26. The van der Waals surface area contributed by atoms with Crippen LogP contribution in [0.15, 0.2) is 24.3 Å². The van der Waals surface area contributed by atoms with E-state index in [2.05, 4.69) is 25.7 Å². The van der Waals surface area contributed by atoms with E-state index in [4.69, 9.17) is 0 Å². The zero-order chi connectivity index (χ0) is 14.0. The molecule has 2 unspecified atom stereocenters. The predicted molar refractivity (Wildman–Crippen MR) is 75.5 cm³/mol. The smallest absolute Gasteiger partial charge is 0.123 e. The maximum absolute atomic E-state index is 13.3. The quantitative estimate of drug-likeness (QED) is 0.884. The van der Waals surface area contributed by atoms with Crippen molar-refractivity contribution in [2.45, 2.75) is 57.7 Å². The van der Waals surface area contributed by atoms with Crippen LogP contribution in [0.2, 0.25) is 0 Å². The van der Waals surface area contributed by atoms with Gasteiger partial charge in [-0.1, -0.05) is 18.6 Å². The van der Waals surface area contributed by atoms with Crippen LogP contribution >= 0.6 is 0 Å². The van der Waals surface area contributed by atoms with E-state index in [9.17, 15) is 9.50 Å². The molecule has 0 spiro atoms. The third kappa shape index (κ3) is 3.34. The van der Waals surface area contributed by atoms with Gasteiger partial charge in [-0.3, -0.25) is 4.90 Å². The lowest BCUT2D eigenvalue weighted by atomic mass is 9.89. The monoisotopic (exact) mass is 265 g/mol. The molecule has 2 nitrogen and oxygen atoms in total. The van der Waals surface area contributed by atoms with Gasteiger partial charge in [0.1, 0.15) is 5.82 Å². The number of hydrogen-bond acceptors (Lipinski definition) is 2. The molecule has 0 aliphatic carbocycles. The number of likely N-dealkylation sites (tertiary alicyclic amines) is 1. The van der Waals surface area contributed by atoms with Crippen molar-refractivity contribution in [1.29, 1.82) is 0 Å². The average molecular weight is 265 g/mol. The molecule has 19 heavy (non-hydrogen) atoms. The van der Waals surface area contributed by atoms with Crippen molar-refractivity contribution in [3.8, 4) is 0 Å². The number of aliphatic hydroxyl groups is 1. The normalized spacial score (nSPS) is 23.3. The van der Waals surface area contributed by atoms with Crippen molar-refractivity contribution in [3.05, 3.63) is 35.6 Å². The number of benzene rings is 1. The number of hydrogen-bond donors (Lipinski definition) is 1. The number of rotatable bonds is 2. The molecule has 0 bridgehead atoms. The fourth-order valence-electron chi connectivity index (χ4n) is 3.03. The third-order valence-electron chi connectivity index (χ3n) is 3.97. The van der Waals surface area contributed by atoms with Crippen LogP contribution in [-0.4, -0.2) is 28.1 Å². The first-order chi connectivity index (χ1) is 8.89. The van der Waals surface area contributed by atoms with Crippen LogP contribution in [0.5, 0.6) is 0 Å². The number of halogens is 1. The summed E-state index contributed by atoms with van der Waals surface area (Å²) in [4.78, 5) is 2.35. The Morgan fingerprint density at radius 3 is 2.68 bits per heavy atom. The average Bonchev–Trinajstić information content (AvgIpc) is 2.37. The molecule has 0 radical (unpaired) electrons. The van der Waals surface area contributed by atoms with Crippen LogP contribution in [0.3, 0.4) is 0 Å². The van der Waals surface area contributed by atoms with Gasteiger partial charge in [0.05, 0.1) is 6.10 Å². The van der Waals surface area contributed by atoms with E-state index in [0.29, 0.717) is 5.56 Å². The van der Waals surface area contributed by atoms with Crippen LogP contribution in [-0.2, 0) is 0 Å². The van der Waals surface area contributed by atoms with Crippen LogP contribution in [0, 0.1) is 5.82 Å². The molecule has 1 fully saturated rings. The van der Waals surface area contributed by atoms with Crippen LogP contribution in [0.25, 0.3) is 0 Å². The zero-order valence-electron chi connectivity index (χ0n) is 12.1. The summed E-state index contributed by atoms with van der Waals surface area (Å²) in [6.07, 6.45) is 2.65. The van der Waals surface area contributed by atoms with Gasteiger partial charge in [-0.15, -0.1) is 0 Å². The van der Waals surface area contributed by atoms with E-state index in [1.807, 2.05) is 6.07 Å². The molecule has 1 heterocycles. The zero-order valence-corrected chi connectivity index (χ0v) is 12.1. The Morgan fingerprint density at radius 2 is 2.05 bits per heavy atom. The lowest BCUT2D eigenvalue weighted by Crippen LogP contribution is -2.52. The van der Waals surface area contributed by atoms with Crippen molar-refractivity contribution in [1.82, 2.24) is 4.90 Å². The van der Waals surface area contributed by atoms with E-state index in [0.717, 1.165) is 19.4 Å². The molecule has 1 aromatic carbocycles. The molecule has 1 N–H and O–H groups in total. The van der Waals surface area contributed by atoms with Gasteiger partial charge in [0, 0.05) is 11.6 Å². The third-order valence-corrected chi connectivity index (χ3v) is 3.97. The summed E-state index contributed by atoms with van der Waals surface area (Å²) in [5.74, 6) is -0.283. The second kappa shape index (κ2) is 5.59. The summed E-state index contributed by atoms with van der Waals surface area (Å²) < 4.78 is 13.3. The van der Waals surface area contributed by atoms with Gasteiger partial charge in [-0.2, -0.15) is 0 Å². The van der Waals surface area contributed by atoms with E-state index in [1.165, 1.54) is 18.6 Å². The van der Waals surface area contributed by atoms with Gasteiger partial charge in [0.2, 0.25) is 0 Å².